The predicted octanol–water partition coefficient (Wildman–Crippen LogP) is 6.23. The third kappa shape index (κ3) is 3.18. The van der Waals surface area contributed by atoms with Gasteiger partial charge in [0.25, 0.3) is 0 Å². The molecular weight excluding hydrogens is 492 g/mol. The largest absolute Gasteiger partial charge is 0.439 e. The van der Waals surface area contributed by atoms with Crippen LogP contribution in [0.15, 0.2) is 36.5 Å². The third-order valence-electron chi connectivity index (χ3n) is 5.73. The van der Waals surface area contributed by atoms with Crippen LogP contribution in [0.5, 0.6) is 0 Å². The molecule has 0 fully saturated rings. The number of ether oxygens (including phenoxy) is 1. The summed E-state index contributed by atoms with van der Waals surface area (Å²) in [4.78, 5) is 17.2. The molecule has 0 aliphatic carbocycles. The quantitative estimate of drug-likeness (QED) is 0.236. The van der Waals surface area contributed by atoms with E-state index in [0.717, 1.165) is 16.9 Å². The standard InChI is InChI=1S/C23H21Cl4N3O2/c1-28(2)12-8-9-13(14(11-12)29(3)4)23(15-7-6-10-30(15)5)17-16(22(31)32-23)18(24)20(26)21(27)19(17)25/h6-11H,1-5H3. The Morgan fingerprint density at radius 2 is 1.56 bits per heavy atom. The molecule has 2 heterocycles. The second kappa shape index (κ2) is 8.07. The van der Waals surface area contributed by atoms with Gasteiger partial charge in [0, 0.05) is 63.9 Å². The summed E-state index contributed by atoms with van der Waals surface area (Å²) in [5, 5.41) is 0.246. The molecule has 2 aromatic carbocycles. The van der Waals surface area contributed by atoms with Crippen LogP contribution in [0, 0.1) is 0 Å². The van der Waals surface area contributed by atoms with Gasteiger partial charge in [-0.15, -0.1) is 0 Å². The molecule has 1 aliphatic heterocycles. The number of nitrogens with zero attached hydrogens (tertiary/aromatic N) is 3. The number of anilines is 2. The van der Waals surface area contributed by atoms with Crippen molar-refractivity contribution in [2.24, 2.45) is 7.05 Å². The lowest BCUT2D eigenvalue weighted by Crippen LogP contribution is -2.34. The molecule has 1 aromatic heterocycles. The van der Waals surface area contributed by atoms with E-state index in [9.17, 15) is 4.79 Å². The second-order valence-electron chi connectivity index (χ2n) is 8.07. The molecule has 1 unspecified atom stereocenters. The van der Waals surface area contributed by atoms with Crippen LogP contribution < -0.4 is 9.80 Å². The molecule has 168 valence electrons. The van der Waals surface area contributed by atoms with Gasteiger partial charge in [0.05, 0.1) is 31.3 Å². The van der Waals surface area contributed by atoms with Crippen LogP contribution in [-0.2, 0) is 17.4 Å². The molecule has 0 saturated heterocycles. The lowest BCUT2D eigenvalue weighted by molar-refractivity contribution is 0.0233. The Morgan fingerprint density at radius 3 is 2.12 bits per heavy atom. The maximum absolute atomic E-state index is 13.3. The first-order chi connectivity index (χ1) is 15.0. The Kier molecular flexibility index (Phi) is 5.83. The molecular formula is C23H21Cl4N3O2. The van der Waals surface area contributed by atoms with E-state index >= 15 is 0 Å². The van der Waals surface area contributed by atoms with E-state index in [4.69, 9.17) is 51.1 Å². The van der Waals surface area contributed by atoms with E-state index in [-0.39, 0.29) is 25.7 Å². The summed E-state index contributed by atoms with van der Waals surface area (Å²) in [6.45, 7) is 0. The first-order valence-corrected chi connectivity index (χ1v) is 11.2. The van der Waals surface area contributed by atoms with Crippen LogP contribution in [0.4, 0.5) is 11.4 Å². The van der Waals surface area contributed by atoms with Crippen LogP contribution in [0.3, 0.4) is 0 Å². The Bertz CT molecular complexity index is 1250. The van der Waals surface area contributed by atoms with Gasteiger partial charge >= 0.3 is 5.97 Å². The van der Waals surface area contributed by atoms with Gasteiger partial charge in [0.2, 0.25) is 5.60 Å². The molecule has 1 atom stereocenters. The summed E-state index contributed by atoms with van der Waals surface area (Å²) in [6.07, 6.45) is 1.87. The topological polar surface area (TPSA) is 37.7 Å². The highest BCUT2D eigenvalue weighted by Crippen LogP contribution is 2.56. The minimum Gasteiger partial charge on any atom is -0.439 e. The minimum atomic E-state index is -1.38. The summed E-state index contributed by atoms with van der Waals surface area (Å²) in [5.41, 5.74) is 2.36. The minimum absolute atomic E-state index is 0.0208. The second-order valence-corrected chi connectivity index (χ2v) is 9.58. The zero-order chi connectivity index (χ0) is 23.5. The van der Waals surface area contributed by atoms with E-state index < -0.39 is 11.6 Å². The van der Waals surface area contributed by atoms with Gasteiger partial charge in [-0.2, -0.15) is 0 Å². The fourth-order valence-electron chi connectivity index (χ4n) is 4.20. The number of cyclic esters (lactones) is 1. The van der Waals surface area contributed by atoms with Gasteiger partial charge in [-0.25, -0.2) is 4.79 Å². The summed E-state index contributed by atoms with van der Waals surface area (Å²) < 4.78 is 8.09. The van der Waals surface area contributed by atoms with Crippen molar-refractivity contribution in [2.75, 3.05) is 38.0 Å². The number of aromatic nitrogens is 1. The maximum atomic E-state index is 13.3. The fraction of sp³-hybridized carbons (Fsp3) is 0.261. The molecule has 5 nitrogen and oxygen atoms in total. The van der Waals surface area contributed by atoms with Crippen molar-refractivity contribution >= 4 is 63.7 Å². The summed E-state index contributed by atoms with van der Waals surface area (Å²) in [5.74, 6) is -0.618. The van der Waals surface area contributed by atoms with Gasteiger partial charge in [-0.1, -0.05) is 52.5 Å². The normalized spacial score (nSPS) is 17.3. The van der Waals surface area contributed by atoms with E-state index in [0.29, 0.717) is 11.3 Å². The summed E-state index contributed by atoms with van der Waals surface area (Å²) in [6, 6.07) is 9.69. The number of benzene rings is 2. The smallest absolute Gasteiger partial charge is 0.341 e. The van der Waals surface area contributed by atoms with Crippen LogP contribution in [-0.4, -0.2) is 38.7 Å². The van der Waals surface area contributed by atoms with Crippen molar-refractivity contribution in [1.29, 1.82) is 0 Å². The number of hydrogen-bond acceptors (Lipinski definition) is 4. The molecule has 0 amide bonds. The molecule has 4 rings (SSSR count). The highest BCUT2D eigenvalue weighted by molar-refractivity contribution is 6.53. The monoisotopic (exact) mass is 511 g/mol. The van der Waals surface area contributed by atoms with Crippen LogP contribution in [0.2, 0.25) is 20.1 Å². The molecule has 1 aliphatic rings. The van der Waals surface area contributed by atoms with Gasteiger partial charge in [-0.05, 0) is 24.3 Å². The first kappa shape index (κ1) is 23.1. The van der Waals surface area contributed by atoms with Crippen LogP contribution in [0.25, 0.3) is 0 Å². The zero-order valence-corrected chi connectivity index (χ0v) is 21.2. The lowest BCUT2D eigenvalue weighted by atomic mass is 9.81. The Labute approximate surface area is 207 Å². The highest BCUT2D eigenvalue weighted by atomic mass is 35.5. The zero-order valence-electron chi connectivity index (χ0n) is 18.1. The average Bonchev–Trinajstić information content (AvgIpc) is 3.31. The lowest BCUT2D eigenvalue weighted by Gasteiger charge is -2.34. The summed E-state index contributed by atoms with van der Waals surface area (Å²) in [7, 11) is 9.66. The summed E-state index contributed by atoms with van der Waals surface area (Å²) >= 11 is 26.0. The van der Waals surface area contributed by atoms with Crippen molar-refractivity contribution in [1.82, 2.24) is 4.57 Å². The van der Waals surface area contributed by atoms with Crippen LogP contribution in [0.1, 0.15) is 27.2 Å². The number of carbonyl (C=O) groups excluding carboxylic acids is 1. The molecule has 3 aromatic rings. The predicted molar refractivity (Wildman–Crippen MR) is 132 cm³/mol. The van der Waals surface area contributed by atoms with E-state index in [1.54, 1.807) is 0 Å². The molecule has 0 saturated carbocycles. The van der Waals surface area contributed by atoms with Gasteiger partial charge < -0.3 is 19.1 Å². The Morgan fingerprint density at radius 1 is 0.906 bits per heavy atom. The molecule has 0 bridgehead atoms. The van der Waals surface area contributed by atoms with Crippen molar-refractivity contribution in [3.8, 4) is 0 Å². The van der Waals surface area contributed by atoms with Gasteiger partial charge in [0.1, 0.15) is 0 Å². The number of hydrogen-bond donors (Lipinski definition) is 0. The molecule has 9 heteroatoms. The van der Waals surface area contributed by atoms with Crippen molar-refractivity contribution in [3.63, 3.8) is 0 Å². The fourth-order valence-corrected chi connectivity index (χ4v) is 5.26. The molecule has 32 heavy (non-hydrogen) atoms. The van der Waals surface area contributed by atoms with Crippen molar-refractivity contribution in [3.05, 3.63) is 79.0 Å². The molecule has 0 N–H and O–H groups in total. The van der Waals surface area contributed by atoms with Crippen molar-refractivity contribution < 1.29 is 9.53 Å². The van der Waals surface area contributed by atoms with Gasteiger partial charge in [-0.3, -0.25) is 0 Å². The van der Waals surface area contributed by atoms with E-state index in [1.165, 1.54) is 0 Å². The Balaban J connectivity index is 2.20. The average molecular weight is 513 g/mol. The number of halogens is 4. The molecule has 0 spiro atoms. The van der Waals surface area contributed by atoms with E-state index in [1.807, 2.05) is 86.1 Å². The number of fused-ring (bicyclic) bond motifs is 1. The maximum Gasteiger partial charge on any atom is 0.341 e. The van der Waals surface area contributed by atoms with Crippen LogP contribution >= 0.6 is 46.4 Å². The molecule has 0 radical (unpaired) electrons. The van der Waals surface area contributed by atoms with Gasteiger partial charge in [0.15, 0.2) is 0 Å². The number of carbonyl (C=O) groups is 1. The number of rotatable bonds is 4. The number of aryl methyl sites for hydroxylation is 1. The third-order valence-corrected chi connectivity index (χ3v) is 7.53. The SMILES string of the molecule is CN(C)c1ccc(C2(c3cccn3C)OC(=O)c3c(Cl)c(Cl)c(Cl)c(Cl)c32)c(N(C)C)c1. The first-order valence-electron chi connectivity index (χ1n) is 9.73. The Hall–Kier alpha value is -2.05. The number of esters is 1. The highest BCUT2D eigenvalue weighted by Gasteiger charge is 2.54. The van der Waals surface area contributed by atoms with E-state index in [2.05, 4.69) is 0 Å². The van der Waals surface area contributed by atoms with Crippen molar-refractivity contribution in [2.45, 2.75) is 5.60 Å².